The third-order valence-electron chi connectivity index (χ3n) is 5.25. The van der Waals surface area contributed by atoms with E-state index in [-0.39, 0.29) is 12.5 Å². The van der Waals surface area contributed by atoms with Crippen molar-refractivity contribution >= 4 is 11.9 Å². The summed E-state index contributed by atoms with van der Waals surface area (Å²) in [6.07, 6.45) is 0.376. The number of rotatable bonds is 5. The Morgan fingerprint density at radius 3 is 2.25 bits per heavy atom. The molecule has 0 radical (unpaired) electrons. The van der Waals surface area contributed by atoms with E-state index in [2.05, 4.69) is 10.5 Å². The molecule has 1 aliphatic rings. The van der Waals surface area contributed by atoms with Crippen LogP contribution in [0.4, 0.5) is 4.79 Å². The van der Waals surface area contributed by atoms with Crippen molar-refractivity contribution in [3.8, 4) is 0 Å². The largest absolute Gasteiger partial charge is 0.361 e. The summed E-state index contributed by atoms with van der Waals surface area (Å²) in [5.41, 5.74) is 2.03. The normalized spacial score (nSPS) is 19.1. The third-order valence-corrected chi connectivity index (χ3v) is 5.25. The van der Waals surface area contributed by atoms with Gasteiger partial charge in [0, 0.05) is 12.0 Å². The highest BCUT2D eigenvalue weighted by atomic mass is 16.5. The van der Waals surface area contributed by atoms with Crippen LogP contribution in [0, 0.1) is 13.8 Å². The lowest BCUT2D eigenvalue weighted by molar-refractivity contribution is -0.132. The Kier molecular flexibility index (Phi) is 4.47. The van der Waals surface area contributed by atoms with E-state index in [0.717, 1.165) is 16.7 Å². The van der Waals surface area contributed by atoms with E-state index in [1.54, 1.807) is 13.8 Å². The molecule has 0 aliphatic carbocycles. The van der Waals surface area contributed by atoms with Gasteiger partial charge in [-0.25, -0.2) is 4.79 Å². The van der Waals surface area contributed by atoms with Crippen LogP contribution >= 0.6 is 0 Å². The molecule has 0 bridgehead atoms. The summed E-state index contributed by atoms with van der Waals surface area (Å²) in [4.78, 5) is 27.7. The molecule has 6 nitrogen and oxygen atoms in total. The first-order chi connectivity index (χ1) is 13.5. The van der Waals surface area contributed by atoms with Gasteiger partial charge in [0.2, 0.25) is 0 Å². The number of imide groups is 1. The molecule has 2 heterocycles. The molecular weight excluding hydrogens is 354 g/mol. The van der Waals surface area contributed by atoms with Gasteiger partial charge in [-0.2, -0.15) is 0 Å². The van der Waals surface area contributed by atoms with Crippen molar-refractivity contribution in [1.82, 2.24) is 15.4 Å². The molecule has 1 fully saturated rings. The van der Waals surface area contributed by atoms with Crippen LogP contribution in [0.2, 0.25) is 0 Å². The van der Waals surface area contributed by atoms with Gasteiger partial charge in [-0.15, -0.1) is 0 Å². The minimum absolute atomic E-state index is 0.134. The lowest BCUT2D eigenvalue weighted by Crippen LogP contribution is -2.46. The molecule has 28 heavy (non-hydrogen) atoms. The lowest BCUT2D eigenvalue weighted by Gasteiger charge is -2.27. The predicted molar refractivity (Wildman–Crippen MR) is 103 cm³/mol. The summed E-state index contributed by atoms with van der Waals surface area (Å²) in [6, 6.07) is 18.7. The second kappa shape index (κ2) is 6.96. The number of urea groups is 1. The molecule has 3 amide bonds. The molecule has 1 atom stereocenters. The van der Waals surface area contributed by atoms with Gasteiger partial charge < -0.3 is 9.84 Å². The Morgan fingerprint density at radius 2 is 1.64 bits per heavy atom. The van der Waals surface area contributed by atoms with E-state index >= 15 is 0 Å². The van der Waals surface area contributed by atoms with Crippen molar-refractivity contribution in [2.45, 2.75) is 32.4 Å². The fourth-order valence-electron chi connectivity index (χ4n) is 3.70. The molecule has 1 aromatic heterocycles. The fourth-order valence-corrected chi connectivity index (χ4v) is 3.70. The van der Waals surface area contributed by atoms with Crippen LogP contribution < -0.4 is 5.32 Å². The third kappa shape index (κ3) is 2.97. The first kappa shape index (κ1) is 18.0. The zero-order valence-electron chi connectivity index (χ0n) is 15.8. The summed E-state index contributed by atoms with van der Waals surface area (Å²) in [5, 5.41) is 6.90. The van der Waals surface area contributed by atoms with E-state index in [0.29, 0.717) is 17.9 Å². The molecule has 0 saturated carbocycles. The van der Waals surface area contributed by atoms with Crippen LogP contribution in [0.1, 0.15) is 28.1 Å². The number of aromatic nitrogens is 1. The Morgan fingerprint density at radius 1 is 1.00 bits per heavy atom. The molecule has 0 spiro atoms. The van der Waals surface area contributed by atoms with Crippen molar-refractivity contribution < 1.29 is 14.1 Å². The predicted octanol–water partition coefficient (Wildman–Crippen LogP) is 3.48. The summed E-state index contributed by atoms with van der Waals surface area (Å²) in [7, 11) is 0. The molecule has 3 aromatic rings. The number of carbonyl (C=O) groups is 2. The standard InChI is InChI=1S/C22H21N3O3/c1-15-19(16(2)28-24-15)14-25-20(26)22(23-21(25)27,18-11-7-4-8-12-18)13-17-9-5-3-6-10-17/h3-12H,13-14H2,1-2H3,(H,23,27)/t22-/m0/s1. The molecular formula is C22H21N3O3. The minimum Gasteiger partial charge on any atom is -0.361 e. The van der Waals surface area contributed by atoms with E-state index in [1.807, 2.05) is 60.7 Å². The van der Waals surface area contributed by atoms with Crippen LogP contribution in [0.15, 0.2) is 65.2 Å². The second-order valence-electron chi connectivity index (χ2n) is 7.06. The second-order valence-corrected chi connectivity index (χ2v) is 7.06. The van der Waals surface area contributed by atoms with E-state index in [1.165, 1.54) is 4.90 Å². The smallest absolute Gasteiger partial charge is 0.325 e. The van der Waals surface area contributed by atoms with Crippen LogP contribution in [0.3, 0.4) is 0 Å². The molecule has 1 N–H and O–H groups in total. The van der Waals surface area contributed by atoms with E-state index < -0.39 is 11.6 Å². The van der Waals surface area contributed by atoms with Gasteiger partial charge in [0.05, 0.1) is 12.2 Å². The maximum Gasteiger partial charge on any atom is 0.325 e. The van der Waals surface area contributed by atoms with Gasteiger partial charge in [0.25, 0.3) is 5.91 Å². The maximum absolute atomic E-state index is 13.6. The van der Waals surface area contributed by atoms with Gasteiger partial charge in [-0.1, -0.05) is 65.8 Å². The Hall–Kier alpha value is -3.41. The van der Waals surface area contributed by atoms with E-state index in [9.17, 15) is 9.59 Å². The van der Waals surface area contributed by atoms with Gasteiger partial charge >= 0.3 is 6.03 Å². The molecule has 1 aliphatic heterocycles. The number of nitrogens with zero attached hydrogens (tertiary/aromatic N) is 2. The topological polar surface area (TPSA) is 75.4 Å². The highest BCUT2D eigenvalue weighted by Gasteiger charge is 2.52. The Bertz CT molecular complexity index is 995. The summed E-state index contributed by atoms with van der Waals surface area (Å²) >= 11 is 0. The van der Waals surface area contributed by atoms with Gasteiger partial charge in [-0.3, -0.25) is 9.69 Å². The number of hydrogen-bond donors (Lipinski definition) is 1. The summed E-state index contributed by atoms with van der Waals surface area (Å²) < 4.78 is 5.19. The van der Waals surface area contributed by atoms with Crippen molar-refractivity contribution in [3.05, 3.63) is 88.8 Å². The van der Waals surface area contributed by atoms with Gasteiger partial charge in [-0.05, 0) is 25.0 Å². The number of benzene rings is 2. The van der Waals surface area contributed by atoms with Crippen molar-refractivity contribution in [2.24, 2.45) is 0 Å². The first-order valence-corrected chi connectivity index (χ1v) is 9.16. The molecule has 142 valence electrons. The molecule has 4 rings (SSSR count). The van der Waals surface area contributed by atoms with E-state index in [4.69, 9.17) is 4.52 Å². The number of amides is 3. The summed E-state index contributed by atoms with van der Waals surface area (Å²) in [5.74, 6) is 0.339. The van der Waals surface area contributed by atoms with Gasteiger partial charge in [0.15, 0.2) is 5.54 Å². The average Bonchev–Trinajstić information content (AvgIpc) is 3.15. The molecule has 1 saturated heterocycles. The number of carbonyl (C=O) groups excluding carboxylic acids is 2. The maximum atomic E-state index is 13.6. The highest BCUT2D eigenvalue weighted by molar-refractivity contribution is 6.07. The van der Waals surface area contributed by atoms with Crippen LogP contribution in [0.5, 0.6) is 0 Å². The van der Waals surface area contributed by atoms with Crippen LogP contribution in [-0.4, -0.2) is 22.0 Å². The number of nitrogens with one attached hydrogen (secondary N) is 1. The Labute approximate surface area is 163 Å². The van der Waals surface area contributed by atoms with Gasteiger partial charge in [0.1, 0.15) is 5.76 Å². The number of hydrogen-bond acceptors (Lipinski definition) is 4. The highest BCUT2D eigenvalue weighted by Crippen LogP contribution is 2.34. The van der Waals surface area contributed by atoms with Crippen LogP contribution in [0.25, 0.3) is 0 Å². The quantitative estimate of drug-likeness (QED) is 0.693. The molecule has 2 aromatic carbocycles. The molecule has 6 heteroatoms. The van der Waals surface area contributed by atoms with Crippen molar-refractivity contribution in [3.63, 3.8) is 0 Å². The van der Waals surface area contributed by atoms with Crippen molar-refractivity contribution in [2.75, 3.05) is 0 Å². The number of aryl methyl sites for hydroxylation is 2. The zero-order valence-corrected chi connectivity index (χ0v) is 15.8. The average molecular weight is 375 g/mol. The van der Waals surface area contributed by atoms with Crippen molar-refractivity contribution in [1.29, 1.82) is 0 Å². The van der Waals surface area contributed by atoms with Crippen LogP contribution in [-0.2, 0) is 23.3 Å². The SMILES string of the molecule is Cc1noc(C)c1CN1C(=O)N[C@@](Cc2ccccc2)(c2ccccc2)C1=O. The first-order valence-electron chi connectivity index (χ1n) is 9.16. The summed E-state index contributed by atoms with van der Waals surface area (Å²) in [6.45, 7) is 3.72. The fraction of sp³-hybridized carbons (Fsp3) is 0.227. The lowest BCUT2D eigenvalue weighted by atomic mass is 9.83. The zero-order chi connectivity index (χ0) is 19.7. The minimum atomic E-state index is -1.14. The Balaban J connectivity index is 1.74. The monoisotopic (exact) mass is 375 g/mol. The molecule has 0 unspecified atom stereocenters.